The average Bonchev–Trinajstić information content (AvgIpc) is 2.62. The van der Waals surface area contributed by atoms with Gasteiger partial charge in [0.25, 0.3) is 0 Å². The van der Waals surface area contributed by atoms with Crippen LogP contribution in [-0.2, 0) is 21.1 Å². The number of ketones is 1. The van der Waals surface area contributed by atoms with Crippen LogP contribution in [0.1, 0.15) is 33.3 Å². The molecule has 0 saturated carbocycles. The van der Waals surface area contributed by atoms with Crippen molar-refractivity contribution in [2.24, 2.45) is 5.41 Å². The molecule has 1 atom stereocenters. The largest absolute Gasteiger partial charge is 0.468 e. The summed E-state index contributed by atoms with van der Waals surface area (Å²) in [5, 5.41) is -0.962. The zero-order valence-corrected chi connectivity index (χ0v) is 19.8. The predicted octanol–water partition coefficient (Wildman–Crippen LogP) is 6.10. The van der Waals surface area contributed by atoms with Crippen molar-refractivity contribution in [3.63, 3.8) is 0 Å². The Morgan fingerprint density at radius 2 is 1.57 bits per heavy atom. The second-order valence-electron chi connectivity index (χ2n) is 7.27. The zero-order chi connectivity index (χ0) is 21.3. The number of benzene rings is 2. The molecule has 4 nitrogen and oxygen atoms in total. The number of hydrogen-bond acceptors (Lipinski definition) is 4. The first kappa shape index (κ1) is 23.2. The van der Waals surface area contributed by atoms with E-state index in [1.807, 2.05) is 6.92 Å². The monoisotopic (exact) mass is 506 g/mol. The van der Waals surface area contributed by atoms with Gasteiger partial charge < -0.3 is 4.74 Å². The van der Waals surface area contributed by atoms with E-state index in [0.717, 1.165) is 12.0 Å². The second kappa shape index (κ2) is 8.74. The summed E-state index contributed by atoms with van der Waals surface area (Å²) >= 11 is 15.7. The number of carbonyl (C=O) groups is 1. The predicted molar refractivity (Wildman–Crippen MR) is 116 cm³/mol. The summed E-state index contributed by atoms with van der Waals surface area (Å²) in [4.78, 5) is 12.4. The summed E-state index contributed by atoms with van der Waals surface area (Å²) in [6.07, 6.45) is 0.811. The van der Waals surface area contributed by atoms with Gasteiger partial charge in [-0.3, -0.25) is 4.79 Å². The number of rotatable bonds is 6. The van der Waals surface area contributed by atoms with Crippen molar-refractivity contribution in [2.45, 2.75) is 48.9 Å². The molecule has 0 N–H and O–H groups in total. The Balaban J connectivity index is 2.38. The lowest BCUT2D eigenvalue weighted by Crippen LogP contribution is -2.32. The molecular weight excluding hydrogens is 487 g/mol. The quantitative estimate of drug-likeness (QED) is 0.443. The Hall–Kier alpha value is -1.08. The molecule has 8 heteroatoms. The Kier molecular flexibility index (Phi) is 7.24. The molecule has 0 aliphatic heterocycles. The molecule has 2 aromatic carbocycles. The number of carbonyl (C=O) groups excluding carboxylic acids is 1. The van der Waals surface area contributed by atoms with Crippen LogP contribution in [0.15, 0.2) is 46.2 Å². The van der Waals surface area contributed by atoms with E-state index in [2.05, 4.69) is 15.9 Å². The maximum atomic E-state index is 12.9. The Bertz CT molecular complexity index is 957. The number of alkyl halides is 1. The smallest absolute Gasteiger partial charge is 0.211 e. The third-order valence-electron chi connectivity index (χ3n) is 4.09. The van der Waals surface area contributed by atoms with Crippen LogP contribution in [0.4, 0.5) is 0 Å². The van der Waals surface area contributed by atoms with Crippen LogP contribution in [0.3, 0.4) is 0 Å². The fourth-order valence-corrected chi connectivity index (χ4v) is 5.23. The number of hydrogen-bond donors (Lipinski definition) is 0. The lowest BCUT2D eigenvalue weighted by Gasteiger charge is -2.22. The van der Waals surface area contributed by atoms with E-state index in [-0.39, 0.29) is 31.4 Å². The van der Waals surface area contributed by atoms with Crippen LogP contribution in [-0.4, -0.2) is 19.2 Å². The van der Waals surface area contributed by atoms with Gasteiger partial charge in [0.1, 0.15) is 0 Å². The molecule has 152 valence electrons. The lowest BCUT2D eigenvalue weighted by atomic mass is 9.91. The number of ether oxygens (including phenoxy) is 1. The standard InChI is InChI=1S/C20H21BrCl2O4S/c1-5-12-6-8-13(9-7-12)28(25,26)14-10-15(22)17(16(23)11-14)27-19(21)18(24)20(2,3)4/h6-11,19H,5H2,1-4H3. The van der Waals surface area contributed by atoms with Gasteiger partial charge in [-0.15, -0.1) is 0 Å². The van der Waals surface area contributed by atoms with Crippen LogP contribution in [0.25, 0.3) is 0 Å². The summed E-state index contributed by atoms with van der Waals surface area (Å²) in [6, 6.07) is 9.18. The van der Waals surface area contributed by atoms with Gasteiger partial charge >= 0.3 is 0 Å². The second-order valence-corrected chi connectivity index (χ2v) is 10.9. The normalized spacial score (nSPS) is 13.2. The molecular formula is C20H21BrCl2O4S. The topological polar surface area (TPSA) is 60.4 Å². The molecule has 1 unspecified atom stereocenters. The van der Waals surface area contributed by atoms with E-state index in [9.17, 15) is 13.2 Å². The van der Waals surface area contributed by atoms with Crippen molar-refractivity contribution < 1.29 is 17.9 Å². The van der Waals surface area contributed by atoms with Crippen molar-refractivity contribution in [2.75, 3.05) is 0 Å². The number of aryl methyl sites for hydroxylation is 1. The highest BCUT2D eigenvalue weighted by Gasteiger charge is 2.31. The van der Waals surface area contributed by atoms with Gasteiger partial charge in [-0.05, 0) is 52.2 Å². The van der Waals surface area contributed by atoms with Gasteiger partial charge in [0.05, 0.1) is 19.8 Å². The minimum Gasteiger partial charge on any atom is -0.468 e. The van der Waals surface area contributed by atoms with Crippen LogP contribution >= 0.6 is 39.1 Å². The first-order valence-electron chi connectivity index (χ1n) is 8.56. The Morgan fingerprint density at radius 1 is 1.07 bits per heavy atom. The number of Topliss-reactive ketones (excluding diaryl/α,β-unsaturated/α-hetero) is 1. The Morgan fingerprint density at radius 3 is 2.00 bits per heavy atom. The van der Waals surface area contributed by atoms with E-state index >= 15 is 0 Å². The summed E-state index contributed by atoms with van der Waals surface area (Å²) < 4.78 is 31.4. The fraction of sp³-hybridized carbons (Fsp3) is 0.350. The van der Waals surface area contributed by atoms with E-state index in [4.69, 9.17) is 27.9 Å². The minimum atomic E-state index is -3.80. The highest BCUT2D eigenvalue weighted by molar-refractivity contribution is 9.09. The van der Waals surface area contributed by atoms with Crippen LogP contribution in [0.2, 0.25) is 10.0 Å². The van der Waals surface area contributed by atoms with Crippen molar-refractivity contribution in [3.8, 4) is 5.75 Å². The SMILES string of the molecule is CCc1ccc(S(=O)(=O)c2cc(Cl)c(OC(Br)C(=O)C(C)(C)C)c(Cl)c2)cc1. The highest BCUT2D eigenvalue weighted by Crippen LogP contribution is 2.39. The highest BCUT2D eigenvalue weighted by atomic mass is 79.9. The molecule has 0 aromatic heterocycles. The molecule has 2 aromatic rings. The Labute approximate surface area is 184 Å². The summed E-state index contributed by atoms with van der Waals surface area (Å²) in [6.45, 7) is 7.27. The lowest BCUT2D eigenvalue weighted by molar-refractivity contribution is -0.129. The van der Waals surface area contributed by atoms with Crippen LogP contribution in [0, 0.1) is 5.41 Å². The first-order valence-corrected chi connectivity index (χ1v) is 11.7. The van der Waals surface area contributed by atoms with Gasteiger partial charge in [0.15, 0.2) is 11.5 Å². The van der Waals surface area contributed by atoms with Crippen molar-refractivity contribution >= 4 is 54.8 Å². The minimum absolute atomic E-state index is 0.00223. The summed E-state index contributed by atoms with van der Waals surface area (Å²) in [5.74, 6) is -0.157. The van der Waals surface area contributed by atoms with Gasteiger partial charge in [-0.1, -0.05) is 63.0 Å². The fourth-order valence-electron chi connectivity index (χ4n) is 2.34. The van der Waals surface area contributed by atoms with Crippen molar-refractivity contribution in [1.29, 1.82) is 0 Å². The van der Waals surface area contributed by atoms with E-state index in [1.54, 1.807) is 45.0 Å². The molecule has 0 radical (unpaired) electrons. The third kappa shape index (κ3) is 5.09. The van der Waals surface area contributed by atoms with Gasteiger partial charge in [-0.2, -0.15) is 0 Å². The maximum Gasteiger partial charge on any atom is 0.211 e. The average molecular weight is 508 g/mol. The molecule has 0 aliphatic carbocycles. The maximum absolute atomic E-state index is 12.9. The summed E-state index contributed by atoms with van der Waals surface area (Å²) in [5.41, 5.74) is 0.395. The van der Waals surface area contributed by atoms with Crippen molar-refractivity contribution in [3.05, 3.63) is 52.0 Å². The van der Waals surface area contributed by atoms with Crippen LogP contribution in [0.5, 0.6) is 5.75 Å². The first-order chi connectivity index (χ1) is 12.9. The van der Waals surface area contributed by atoms with Gasteiger partial charge in [0.2, 0.25) is 14.9 Å². The molecule has 2 rings (SSSR count). The van der Waals surface area contributed by atoms with E-state index in [1.165, 1.54) is 12.1 Å². The molecule has 0 fully saturated rings. The summed E-state index contributed by atoms with van der Waals surface area (Å²) in [7, 11) is -3.80. The van der Waals surface area contributed by atoms with Crippen LogP contribution < -0.4 is 4.74 Å². The molecule has 0 aliphatic rings. The zero-order valence-electron chi connectivity index (χ0n) is 15.9. The van der Waals surface area contributed by atoms with E-state index in [0.29, 0.717) is 0 Å². The van der Waals surface area contributed by atoms with E-state index < -0.39 is 20.3 Å². The molecule has 0 amide bonds. The molecule has 28 heavy (non-hydrogen) atoms. The molecule has 0 heterocycles. The van der Waals surface area contributed by atoms with Gasteiger partial charge in [0, 0.05) is 5.41 Å². The molecule has 0 saturated heterocycles. The molecule has 0 bridgehead atoms. The third-order valence-corrected chi connectivity index (χ3v) is 7.00. The number of sulfone groups is 1. The van der Waals surface area contributed by atoms with Gasteiger partial charge in [-0.25, -0.2) is 8.42 Å². The number of halogens is 3. The molecule has 0 spiro atoms. The van der Waals surface area contributed by atoms with Crippen molar-refractivity contribution in [1.82, 2.24) is 0 Å².